The Bertz CT molecular complexity index is 924. The number of phenolic OH excluding ortho intramolecular Hbond substituents is 2. The van der Waals surface area contributed by atoms with Gasteiger partial charge in [0.2, 0.25) is 0 Å². The number of nitrogens with zero attached hydrogens (tertiary/aromatic N) is 1. The van der Waals surface area contributed by atoms with Crippen molar-refractivity contribution < 1.29 is 19.9 Å². The van der Waals surface area contributed by atoms with Crippen LogP contribution in [0.1, 0.15) is 29.5 Å². The van der Waals surface area contributed by atoms with Gasteiger partial charge >= 0.3 is 0 Å². The number of hydrogen-bond acceptors (Lipinski definition) is 6. The van der Waals surface area contributed by atoms with Crippen LogP contribution >= 0.6 is 0 Å². The van der Waals surface area contributed by atoms with Crippen molar-refractivity contribution >= 4 is 11.4 Å². The van der Waals surface area contributed by atoms with Crippen molar-refractivity contribution in [1.82, 2.24) is 0 Å². The first-order valence-corrected chi connectivity index (χ1v) is 8.31. The van der Waals surface area contributed by atoms with Crippen LogP contribution in [0, 0.1) is 16.0 Å². The molecular formula is C19H18N2O5. The molecule has 0 bridgehead atoms. The van der Waals surface area contributed by atoms with Crippen LogP contribution in [-0.2, 0) is 0 Å². The van der Waals surface area contributed by atoms with Crippen LogP contribution in [0.25, 0.3) is 0 Å². The summed E-state index contributed by atoms with van der Waals surface area (Å²) in [5, 5.41) is 35.3. The van der Waals surface area contributed by atoms with Crippen molar-refractivity contribution in [1.29, 1.82) is 0 Å². The molecule has 1 heterocycles. The number of benzene rings is 2. The van der Waals surface area contributed by atoms with E-state index in [0.717, 1.165) is 12.5 Å². The van der Waals surface area contributed by atoms with Gasteiger partial charge in [-0.2, -0.15) is 0 Å². The summed E-state index contributed by atoms with van der Waals surface area (Å²) >= 11 is 0. The molecule has 0 amide bonds. The zero-order valence-electron chi connectivity index (χ0n) is 14.0. The molecule has 0 saturated carbocycles. The van der Waals surface area contributed by atoms with Crippen molar-refractivity contribution in [2.24, 2.45) is 5.92 Å². The quantitative estimate of drug-likeness (QED) is 0.335. The molecule has 1 aliphatic carbocycles. The first kappa shape index (κ1) is 16.3. The van der Waals surface area contributed by atoms with Crippen molar-refractivity contribution in [3.63, 3.8) is 0 Å². The number of anilines is 1. The highest BCUT2D eigenvalue weighted by Crippen LogP contribution is 2.54. The second-order valence-corrected chi connectivity index (χ2v) is 6.56. The number of rotatable bonds is 3. The second kappa shape index (κ2) is 5.94. The molecule has 134 valence electrons. The number of allylic oxidation sites excluding steroid dienone is 2. The number of nitro groups is 1. The number of phenols is 2. The molecule has 3 N–H and O–H groups in total. The Morgan fingerprint density at radius 3 is 2.81 bits per heavy atom. The van der Waals surface area contributed by atoms with E-state index in [9.17, 15) is 20.3 Å². The third kappa shape index (κ3) is 2.35. The highest BCUT2D eigenvalue weighted by atomic mass is 16.6. The van der Waals surface area contributed by atoms with Gasteiger partial charge < -0.3 is 20.3 Å². The molecule has 2 aromatic carbocycles. The zero-order valence-corrected chi connectivity index (χ0v) is 14.0. The van der Waals surface area contributed by atoms with Gasteiger partial charge in [-0.25, -0.2) is 0 Å². The summed E-state index contributed by atoms with van der Waals surface area (Å²) < 4.78 is 5.21. The number of ether oxygens (including phenoxy) is 1. The summed E-state index contributed by atoms with van der Waals surface area (Å²) in [7, 11) is 1.49. The lowest BCUT2D eigenvalue weighted by molar-refractivity contribution is -0.385. The number of methoxy groups -OCH3 is 1. The lowest BCUT2D eigenvalue weighted by Crippen LogP contribution is -2.29. The predicted molar refractivity (Wildman–Crippen MR) is 95.8 cm³/mol. The van der Waals surface area contributed by atoms with Gasteiger partial charge in [0, 0.05) is 17.5 Å². The summed E-state index contributed by atoms with van der Waals surface area (Å²) in [4.78, 5) is 10.6. The van der Waals surface area contributed by atoms with E-state index in [0.29, 0.717) is 22.6 Å². The third-order valence-electron chi connectivity index (χ3n) is 5.23. The number of nitro benzene ring substituents is 1. The summed E-state index contributed by atoms with van der Waals surface area (Å²) in [6.07, 6.45) is 4.81. The molecule has 0 fully saturated rings. The summed E-state index contributed by atoms with van der Waals surface area (Å²) in [6, 6.07) is 7.70. The Kier molecular flexibility index (Phi) is 3.72. The van der Waals surface area contributed by atoms with Crippen LogP contribution in [0.5, 0.6) is 17.2 Å². The van der Waals surface area contributed by atoms with Crippen LogP contribution < -0.4 is 10.1 Å². The number of nitrogens with one attached hydrogen (secondary N) is 1. The van der Waals surface area contributed by atoms with Crippen molar-refractivity contribution in [3.8, 4) is 17.2 Å². The van der Waals surface area contributed by atoms with Gasteiger partial charge in [-0.1, -0.05) is 24.3 Å². The molecule has 0 radical (unpaired) electrons. The summed E-state index contributed by atoms with van der Waals surface area (Å²) in [6.45, 7) is 0. The highest BCUT2D eigenvalue weighted by molar-refractivity contribution is 5.71. The maximum atomic E-state index is 11.1. The first-order chi connectivity index (χ1) is 12.5. The van der Waals surface area contributed by atoms with Crippen molar-refractivity contribution in [3.05, 3.63) is 63.7 Å². The Balaban J connectivity index is 1.84. The third-order valence-corrected chi connectivity index (χ3v) is 5.23. The Morgan fingerprint density at radius 2 is 2.08 bits per heavy atom. The smallest absolute Gasteiger partial charge is 0.273 e. The maximum Gasteiger partial charge on any atom is 0.273 e. The minimum Gasteiger partial charge on any atom is -0.506 e. The standard InChI is InChI=1S/C19H18N2O5/c1-26-16-7-3-6-13(19(16)23)17-12-5-2-4-11(12)14-8-10(21(24)25)9-15(22)18(14)20-17/h2-4,6-9,11-12,17,20,22-23H,5H2,1H3. The SMILES string of the molecule is COc1cccc(C2Nc3c(O)cc([N+](=O)[O-])cc3C3C=CCC32)c1O. The maximum absolute atomic E-state index is 11.1. The molecule has 2 aliphatic rings. The molecule has 3 atom stereocenters. The predicted octanol–water partition coefficient (Wildman–Crippen LogP) is 3.84. The molecule has 0 saturated heterocycles. The van der Waals surface area contributed by atoms with E-state index in [1.807, 2.05) is 18.2 Å². The van der Waals surface area contributed by atoms with E-state index in [4.69, 9.17) is 4.74 Å². The van der Waals surface area contributed by atoms with E-state index in [2.05, 4.69) is 5.32 Å². The Morgan fingerprint density at radius 1 is 1.27 bits per heavy atom. The van der Waals surface area contributed by atoms with Gasteiger partial charge in [0.05, 0.1) is 29.8 Å². The van der Waals surface area contributed by atoms with Gasteiger partial charge in [0.15, 0.2) is 11.5 Å². The fourth-order valence-electron chi connectivity index (χ4n) is 4.03. The first-order valence-electron chi connectivity index (χ1n) is 8.31. The molecule has 0 aromatic heterocycles. The summed E-state index contributed by atoms with van der Waals surface area (Å²) in [5.74, 6) is 0.267. The monoisotopic (exact) mass is 354 g/mol. The van der Waals surface area contributed by atoms with Gasteiger partial charge in [-0.05, 0) is 24.0 Å². The van der Waals surface area contributed by atoms with Crippen LogP contribution in [0.3, 0.4) is 0 Å². The Labute approximate surface area is 149 Å². The fourth-order valence-corrected chi connectivity index (χ4v) is 4.03. The largest absolute Gasteiger partial charge is 0.506 e. The summed E-state index contributed by atoms with van der Waals surface area (Å²) in [5.41, 5.74) is 1.71. The minimum atomic E-state index is -0.506. The number of para-hydroxylation sites is 1. The molecule has 4 rings (SSSR count). The lowest BCUT2D eigenvalue weighted by atomic mass is 9.76. The van der Waals surface area contributed by atoms with E-state index < -0.39 is 4.92 Å². The van der Waals surface area contributed by atoms with Crippen molar-refractivity contribution in [2.45, 2.75) is 18.4 Å². The molecule has 0 spiro atoms. The highest BCUT2D eigenvalue weighted by Gasteiger charge is 2.41. The van der Waals surface area contributed by atoms with Gasteiger partial charge in [-0.3, -0.25) is 10.1 Å². The fraction of sp³-hybridized carbons (Fsp3) is 0.263. The van der Waals surface area contributed by atoms with Gasteiger partial charge in [0.1, 0.15) is 5.75 Å². The Hall–Kier alpha value is -3.22. The average molecular weight is 354 g/mol. The number of aromatic hydroxyl groups is 2. The second-order valence-electron chi connectivity index (χ2n) is 6.56. The van der Waals surface area contributed by atoms with Crippen LogP contribution in [0.4, 0.5) is 11.4 Å². The molecule has 7 nitrogen and oxygen atoms in total. The normalized spacial score (nSPS) is 23.0. The van der Waals surface area contributed by atoms with Gasteiger partial charge in [-0.15, -0.1) is 0 Å². The number of non-ortho nitro benzene ring substituents is 1. The number of hydrogen-bond donors (Lipinski definition) is 3. The average Bonchev–Trinajstić information content (AvgIpc) is 3.11. The van der Waals surface area contributed by atoms with Crippen LogP contribution in [0.15, 0.2) is 42.5 Å². The molecule has 26 heavy (non-hydrogen) atoms. The van der Waals surface area contributed by atoms with E-state index in [1.54, 1.807) is 12.1 Å². The molecule has 1 aliphatic heterocycles. The minimum absolute atomic E-state index is 0.0583. The zero-order chi connectivity index (χ0) is 18.4. The topological polar surface area (TPSA) is 105 Å². The van der Waals surface area contributed by atoms with E-state index >= 15 is 0 Å². The molecule has 2 aromatic rings. The van der Waals surface area contributed by atoms with Gasteiger partial charge in [0.25, 0.3) is 5.69 Å². The van der Waals surface area contributed by atoms with Crippen LogP contribution in [0.2, 0.25) is 0 Å². The van der Waals surface area contributed by atoms with Crippen LogP contribution in [-0.4, -0.2) is 22.2 Å². The van der Waals surface area contributed by atoms with E-state index in [1.165, 1.54) is 13.2 Å². The molecule has 7 heteroatoms. The molecular weight excluding hydrogens is 336 g/mol. The van der Waals surface area contributed by atoms with E-state index in [-0.39, 0.29) is 35.1 Å². The number of fused-ring (bicyclic) bond motifs is 3. The molecule has 3 unspecified atom stereocenters. The lowest BCUT2D eigenvalue weighted by Gasteiger charge is -2.37. The van der Waals surface area contributed by atoms with Crippen molar-refractivity contribution in [2.75, 3.05) is 12.4 Å².